The van der Waals surface area contributed by atoms with Crippen LogP contribution >= 0.6 is 22.9 Å². The number of rotatable bonds is 5. The molecule has 1 fully saturated rings. The molecule has 32 heavy (non-hydrogen) atoms. The summed E-state index contributed by atoms with van der Waals surface area (Å²) in [4.78, 5) is 16.5. The first-order valence-corrected chi connectivity index (χ1v) is 12.4. The molecule has 1 aromatic heterocycles. The number of hydrogen-bond acceptors (Lipinski definition) is 5. The number of benzene rings is 2. The second kappa shape index (κ2) is 9.02. The van der Waals surface area contributed by atoms with Crippen molar-refractivity contribution < 1.29 is 9.53 Å². The fraction of sp³-hybridized carbons (Fsp3) is 0.400. The summed E-state index contributed by atoms with van der Waals surface area (Å²) in [5.74, 6) is -0.371. The Labute approximate surface area is 197 Å². The van der Waals surface area contributed by atoms with E-state index in [4.69, 9.17) is 22.1 Å². The average molecular weight is 470 g/mol. The molecule has 0 unspecified atom stereocenters. The van der Waals surface area contributed by atoms with Gasteiger partial charge >= 0.3 is 0 Å². The van der Waals surface area contributed by atoms with Crippen LogP contribution in [-0.2, 0) is 11.2 Å². The minimum absolute atomic E-state index is 0.0805. The normalized spacial score (nSPS) is 21.6. The number of fused-ring (bicyclic) bond motifs is 2. The average Bonchev–Trinajstić information content (AvgIpc) is 3.17. The predicted octanol–water partition coefficient (Wildman–Crippen LogP) is 4.87. The van der Waals surface area contributed by atoms with Crippen molar-refractivity contribution >= 4 is 44.6 Å². The van der Waals surface area contributed by atoms with Crippen LogP contribution < -0.4 is 10.6 Å². The lowest BCUT2D eigenvalue weighted by Gasteiger charge is -2.41. The molecule has 1 amide bonds. The predicted molar refractivity (Wildman–Crippen MR) is 132 cm³/mol. The summed E-state index contributed by atoms with van der Waals surface area (Å²) in [7, 11) is 0. The van der Waals surface area contributed by atoms with Gasteiger partial charge in [0.15, 0.2) is 0 Å². The van der Waals surface area contributed by atoms with Crippen molar-refractivity contribution in [3.8, 4) is 0 Å². The van der Waals surface area contributed by atoms with Crippen LogP contribution in [0, 0.1) is 0 Å². The molecule has 7 heteroatoms. The molecule has 5 rings (SSSR count). The number of anilines is 1. The molecule has 2 aliphatic heterocycles. The molecule has 2 aliphatic rings. The summed E-state index contributed by atoms with van der Waals surface area (Å²) < 4.78 is 8.19. The number of carbonyl (C=O) groups is 1. The van der Waals surface area contributed by atoms with E-state index >= 15 is 0 Å². The van der Waals surface area contributed by atoms with Gasteiger partial charge in [0.25, 0.3) is 0 Å². The highest BCUT2D eigenvalue weighted by atomic mass is 35.5. The van der Waals surface area contributed by atoms with E-state index in [0.29, 0.717) is 18.2 Å². The molecule has 0 spiro atoms. The fourth-order valence-electron chi connectivity index (χ4n) is 4.96. The van der Waals surface area contributed by atoms with Crippen molar-refractivity contribution in [2.45, 2.75) is 31.9 Å². The number of nitrogens with zero attached hydrogens (tertiary/aromatic N) is 2. The van der Waals surface area contributed by atoms with Crippen LogP contribution in [0.25, 0.3) is 10.1 Å². The highest BCUT2D eigenvalue weighted by molar-refractivity contribution is 7.22. The molecule has 168 valence electrons. The Hall–Kier alpha value is -2.12. The molecule has 0 bridgehead atoms. The van der Waals surface area contributed by atoms with Crippen LogP contribution in [0.2, 0.25) is 4.34 Å². The van der Waals surface area contributed by atoms with E-state index in [2.05, 4.69) is 34.9 Å². The van der Waals surface area contributed by atoms with E-state index in [0.717, 1.165) is 43.4 Å². The first-order chi connectivity index (χ1) is 15.5. The Morgan fingerprint density at radius 3 is 2.91 bits per heavy atom. The van der Waals surface area contributed by atoms with Gasteiger partial charge in [-0.25, -0.2) is 0 Å². The van der Waals surface area contributed by atoms with E-state index in [-0.39, 0.29) is 12.0 Å². The fourth-order valence-corrected chi connectivity index (χ4v) is 6.15. The van der Waals surface area contributed by atoms with Crippen LogP contribution in [0.3, 0.4) is 0 Å². The molecule has 2 atom stereocenters. The lowest BCUT2D eigenvalue weighted by Crippen LogP contribution is -2.52. The summed E-state index contributed by atoms with van der Waals surface area (Å²) in [6, 6.07) is 14.9. The van der Waals surface area contributed by atoms with Gasteiger partial charge in [-0.05, 0) is 66.6 Å². The van der Waals surface area contributed by atoms with E-state index in [9.17, 15) is 4.79 Å². The topological polar surface area (TPSA) is 58.8 Å². The van der Waals surface area contributed by atoms with E-state index in [1.54, 1.807) is 11.3 Å². The summed E-state index contributed by atoms with van der Waals surface area (Å²) >= 11 is 7.82. The molecule has 0 aliphatic carbocycles. The van der Waals surface area contributed by atoms with Gasteiger partial charge in [0.05, 0.1) is 17.0 Å². The number of primary amides is 1. The standard InChI is InChI=1S/C25H28ClN3O2S/c1-16-15-29(20-4-2-18-13-24(26)32-23(18)14-20)10-9-28(16)8-6-22-21-5-3-19(25(27)30)12-17(21)7-11-31-22/h2-5,12-14,16,22H,6-11,15H2,1H3,(H2,27,30)/t16-,22+/m1/s1. The maximum Gasteiger partial charge on any atom is 0.248 e. The third-order valence-electron chi connectivity index (χ3n) is 6.75. The number of carbonyl (C=O) groups excluding carboxylic acids is 1. The summed E-state index contributed by atoms with van der Waals surface area (Å²) in [5.41, 5.74) is 9.70. The second-order valence-electron chi connectivity index (χ2n) is 8.78. The minimum Gasteiger partial charge on any atom is -0.373 e. The van der Waals surface area contributed by atoms with Gasteiger partial charge in [-0.15, -0.1) is 11.3 Å². The zero-order chi connectivity index (χ0) is 22.2. The second-order valence-corrected chi connectivity index (χ2v) is 10.5. The number of nitrogens with two attached hydrogens (primary N) is 1. The molecule has 3 aromatic rings. The van der Waals surface area contributed by atoms with Crippen LogP contribution in [0.1, 0.15) is 40.9 Å². The molecule has 2 aromatic carbocycles. The van der Waals surface area contributed by atoms with E-state index in [1.807, 2.05) is 24.3 Å². The number of ether oxygens (including phenoxy) is 1. The number of thiophene rings is 1. The van der Waals surface area contributed by atoms with E-state index in [1.165, 1.54) is 26.9 Å². The Morgan fingerprint density at radius 1 is 1.22 bits per heavy atom. The number of halogens is 1. The Balaban J connectivity index is 1.21. The van der Waals surface area contributed by atoms with Crippen molar-refractivity contribution in [3.63, 3.8) is 0 Å². The molecule has 0 radical (unpaired) electrons. The highest BCUT2D eigenvalue weighted by Crippen LogP contribution is 2.34. The molecule has 1 saturated heterocycles. The highest BCUT2D eigenvalue weighted by Gasteiger charge is 2.27. The Bertz CT molecular complexity index is 1150. The third-order valence-corrected chi connectivity index (χ3v) is 7.97. The van der Waals surface area contributed by atoms with Gasteiger partial charge in [-0.3, -0.25) is 9.69 Å². The van der Waals surface area contributed by atoms with Crippen molar-refractivity contribution in [2.75, 3.05) is 37.7 Å². The van der Waals surface area contributed by atoms with Gasteiger partial charge in [0, 0.05) is 48.2 Å². The molecular weight excluding hydrogens is 442 g/mol. The van der Waals surface area contributed by atoms with Crippen molar-refractivity contribution in [3.05, 3.63) is 63.5 Å². The van der Waals surface area contributed by atoms with Gasteiger partial charge in [0.2, 0.25) is 5.91 Å². The molecular formula is C25H28ClN3O2S. The van der Waals surface area contributed by atoms with Crippen LogP contribution in [0.4, 0.5) is 5.69 Å². The van der Waals surface area contributed by atoms with Crippen LogP contribution in [0.5, 0.6) is 0 Å². The summed E-state index contributed by atoms with van der Waals surface area (Å²) in [6.45, 7) is 7.05. The van der Waals surface area contributed by atoms with Crippen LogP contribution in [-0.4, -0.2) is 49.6 Å². The Kier molecular flexibility index (Phi) is 6.12. The monoisotopic (exact) mass is 469 g/mol. The van der Waals surface area contributed by atoms with Gasteiger partial charge < -0.3 is 15.4 Å². The maximum absolute atomic E-state index is 11.5. The smallest absolute Gasteiger partial charge is 0.248 e. The SMILES string of the molecule is C[C@@H]1CN(c2ccc3cc(Cl)sc3c2)CCN1CC[C@@H]1OCCc2cc(C(N)=O)ccc21. The van der Waals surface area contributed by atoms with Gasteiger partial charge in [0.1, 0.15) is 0 Å². The molecule has 0 saturated carbocycles. The third kappa shape index (κ3) is 4.37. The first-order valence-electron chi connectivity index (χ1n) is 11.2. The molecule has 2 N–H and O–H groups in total. The summed E-state index contributed by atoms with van der Waals surface area (Å²) in [6.07, 6.45) is 1.87. The molecule has 3 heterocycles. The van der Waals surface area contributed by atoms with Gasteiger partial charge in [-0.2, -0.15) is 0 Å². The maximum atomic E-state index is 11.5. The first kappa shape index (κ1) is 21.7. The van der Waals surface area contributed by atoms with Crippen LogP contribution in [0.15, 0.2) is 42.5 Å². The van der Waals surface area contributed by atoms with Crippen molar-refractivity contribution in [1.29, 1.82) is 0 Å². The van der Waals surface area contributed by atoms with E-state index < -0.39 is 0 Å². The lowest BCUT2D eigenvalue weighted by molar-refractivity contribution is 0.0255. The van der Waals surface area contributed by atoms with Gasteiger partial charge in [-0.1, -0.05) is 23.7 Å². The largest absolute Gasteiger partial charge is 0.373 e. The quantitative estimate of drug-likeness (QED) is 0.579. The zero-order valence-electron chi connectivity index (χ0n) is 18.2. The van der Waals surface area contributed by atoms with Crippen molar-refractivity contribution in [1.82, 2.24) is 4.90 Å². The molecule has 5 nitrogen and oxygen atoms in total. The summed E-state index contributed by atoms with van der Waals surface area (Å²) in [5, 5.41) is 1.21. The lowest BCUT2D eigenvalue weighted by atomic mass is 9.93. The number of hydrogen-bond donors (Lipinski definition) is 1. The number of piperazine rings is 1. The Morgan fingerprint density at radius 2 is 2.09 bits per heavy atom. The number of amides is 1. The zero-order valence-corrected chi connectivity index (χ0v) is 19.8. The van der Waals surface area contributed by atoms with Crippen molar-refractivity contribution in [2.24, 2.45) is 5.73 Å². The minimum atomic E-state index is -0.371.